The number of rotatable bonds is 0. The smallest absolute Gasteiger partial charge is 0.306 e. The molecule has 0 unspecified atom stereocenters. The molecule has 5 aliphatic rings. The summed E-state index contributed by atoms with van der Waals surface area (Å²) in [4.78, 5) is 23.8. The van der Waals surface area contributed by atoms with Gasteiger partial charge in [-0.15, -0.1) is 0 Å². The summed E-state index contributed by atoms with van der Waals surface area (Å²) in [5.74, 6) is 2.51. The zero-order valence-electron chi connectivity index (χ0n) is 15.6. The van der Waals surface area contributed by atoms with E-state index in [-0.39, 0.29) is 22.4 Å². The molecule has 0 N–H and O–H groups in total. The summed E-state index contributed by atoms with van der Waals surface area (Å²) in [6, 6.07) is 0. The van der Waals surface area contributed by atoms with Gasteiger partial charge in [0.25, 0.3) is 0 Å². The number of ether oxygens (including phenoxy) is 1. The Morgan fingerprint density at radius 1 is 0.920 bits per heavy atom. The fourth-order valence-electron chi connectivity index (χ4n) is 7.85. The first-order valence-corrected chi connectivity index (χ1v) is 10.3. The van der Waals surface area contributed by atoms with Gasteiger partial charge >= 0.3 is 5.97 Å². The normalized spacial score (nSPS) is 51.6. The van der Waals surface area contributed by atoms with Crippen molar-refractivity contribution in [1.29, 1.82) is 0 Å². The number of allylic oxidation sites excluding steroid dienone is 1. The van der Waals surface area contributed by atoms with Crippen LogP contribution in [0.25, 0.3) is 0 Å². The number of ketones is 1. The topological polar surface area (TPSA) is 43.4 Å². The lowest BCUT2D eigenvalue weighted by atomic mass is 9.46. The molecule has 3 heteroatoms. The lowest BCUT2D eigenvalue weighted by Gasteiger charge is -2.59. The van der Waals surface area contributed by atoms with E-state index in [9.17, 15) is 9.59 Å². The Balaban J connectivity index is 1.49. The molecule has 4 fully saturated rings. The molecule has 136 valence electrons. The SMILES string of the molecule is C[C@@]12CCC(=O)C=C1CC[C@H]1[C@H]2CC[C@]2(C)[C@@H]1CC[C@@]21CCC(=O)O1. The van der Waals surface area contributed by atoms with Gasteiger partial charge in [-0.25, -0.2) is 0 Å². The number of hydrogen-bond acceptors (Lipinski definition) is 3. The molecule has 6 atom stereocenters. The summed E-state index contributed by atoms with van der Waals surface area (Å²) in [5.41, 5.74) is 1.68. The minimum Gasteiger partial charge on any atom is -0.458 e. The standard InChI is InChI=1S/C22H30O3/c1-20-9-5-15(23)13-14(20)3-4-16-17(20)6-10-21(2)18(16)7-11-22(21)12-8-19(24)25-22/h13,16-18H,3-12H2,1-2H3/t16-,17+,18+,20+,21+,22+/m0/s1. The van der Waals surface area contributed by atoms with Gasteiger partial charge in [-0.05, 0) is 80.6 Å². The Kier molecular flexibility index (Phi) is 3.21. The Bertz CT molecular complexity index is 679. The molecule has 1 heterocycles. The van der Waals surface area contributed by atoms with E-state index in [0.29, 0.717) is 24.0 Å². The molecule has 0 radical (unpaired) electrons. The molecule has 1 spiro atoms. The van der Waals surface area contributed by atoms with Crippen molar-refractivity contribution in [1.82, 2.24) is 0 Å². The van der Waals surface area contributed by atoms with Gasteiger partial charge in [0.15, 0.2) is 5.78 Å². The molecule has 3 nitrogen and oxygen atoms in total. The van der Waals surface area contributed by atoms with E-state index in [1.807, 2.05) is 6.08 Å². The van der Waals surface area contributed by atoms with Crippen LogP contribution in [0.4, 0.5) is 0 Å². The summed E-state index contributed by atoms with van der Waals surface area (Å²) in [5, 5.41) is 0. The summed E-state index contributed by atoms with van der Waals surface area (Å²) in [6.07, 6.45) is 12.3. The summed E-state index contributed by atoms with van der Waals surface area (Å²) >= 11 is 0. The maximum absolute atomic E-state index is 11.9. The highest BCUT2D eigenvalue weighted by Crippen LogP contribution is 2.69. The second-order valence-electron chi connectivity index (χ2n) is 9.93. The fourth-order valence-corrected chi connectivity index (χ4v) is 7.85. The third-order valence-corrected chi connectivity index (χ3v) is 9.29. The van der Waals surface area contributed by atoms with Crippen LogP contribution >= 0.6 is 0 Å². The number of fused-ring (bicyclic) bond motifs is 6. The van der Waals surface area contributed by atoms with Crippen LogP contribution in [-0.2, 0) is 14.3 Å². The van der Waals surface area contributed by atoms with Crippen molar-refractivity contribution in [3.8, 4) is 0 Å². The third kappa shape index (κ3) is 1.93. The summed E-state index contributed by atoms with van der Waals surface area (Å²) in [7, 11) is 0. The van der Waals surface area contributed by atoms with Crippen LogP contribution in [0.15, 0.2) is 11.6 Å². The van der Waals surface area contributed by atoms with E-state index in [1.165, 1.54) is 31.3 Å². The number of carbonyl (C=O) groups excluding carboxylic acids is 2. The Hall–Kier alpha value is -1.12. The Morgan fingerprint density at radius 3 is 2.48 bits per heavy atom. The van der Waals surface area contributed by atoms with Gasteiger partial charge in [0.1, 0.15) is 5.60 Å². The first kappa shape index (κ1) is 16.1. The second kappa shape index (κ2) is 4.98. The average molecular weight is 342 g/mol. The highest BCUT2D eigenvalue weighted by molar-refractivity contribution is 5.91. The maximum atomic E-state index is 11.9. The first-order chi connectivity index (χ1) is 11.9. The molecule has 0 amide bonds. The molecule has 1 saturated heterocycles. The van der Waals surface area contributed by atoms with Gasteiger partial charge in [0.2, 0.25) is 0 Å². The van der Waals surface area contributed by atoms with E-state index < -0.39 is 0 Å². The Morgan fingerprint density at radius 2 is 1.72 bits per heavy atom. The molecule has 0 aromatic rings. The molecule has 4 aliphatic carbocycles. The van der Waals surface area contributed by atoms with Crippen molar-refractivity contribution >= 4 is 11.8 Å². The zero-order chi connectivity index (χ0) is 17.4. The van der Waals surface area contributed by atoms with E-state index in [2.05, 4.69) is 13.8 Å². The number of esters is 1. The summed E-state index contributed by atoms with van der Waals surface area (Å²) < 4.78 is 6.01. The van der Waals surface area contributed by atoms with Gasteiger partial charge in [0, 0.05) is 18.3 Å². The molecule has 25 heavy (non-hydrogen) atoms. The van der Waals surface area contributed by atoms with Gasteiger partial charge in [-0.1, -0.05) is 19.4 Å². The quantitative estimate of drug-likeness (QED) is 0.605. The first-order valence-electron chi connectivity index (χ1n) is 10.3. The van der Waals surface area contributed by atoms with Crippen molar-refractivity contribution < 1.29 is 14.3 Å². The molecule has 0 bridgehead atoms. The molecule has 3 saturated carbocycles. The van der Waals surface area contributed by atoms with Gasteiger partial charge in [-0.3, -0.25) is 9.59 Å². The highest BCUT2D eigenvalue weighted by Gasteiger charge is 2.66. The minimum atomic E-state index is -0.167. The maximum Gasteiger partial charge on any atom is 0.306 e. The minimum absolute atomic E-state index is 0.0237. The molecule has 0 aromatic heterocycles. The van der Waals surface area contributed by atoms with Crippen molar-refractivity contribution in [2.24, 2.45) is 28.6 Å². The molecular weight excluding hydrogens is 312 g/mol. The van der Waals surface area contributed by atoms with Crippen LogP contribution in [0.5, 0.6) is 0 Å². The number of carbonyl (C=O) groups is 2. The van der Waals surface area contributed by atoms with Crippen LogP contribution in [0, 0.1) is 28.6 Å². The van der Waals surface area contributed by atoms with Crippen molar-refractivity contribution in [3.63, 3.8) is 0 Å². The van der Waals surface area contributed by atoms with Gasteiger partial charge in [0.05, 0.1) is 0 Å². The molecular formula is C22H30O3. The predicted molar refractivity (Wildman–Crippen MR) is 94.8 cm³/mol. The monoisotopic (exact) mass is 342 g/mol. The van der Waals surface area contributed by atoms with Crippen LogP contribution in [-0.4, -0.2) is 17.4 Å². The fraction of sp³-hybridized carbons (Fsp3) is 0.818. The van der Waals surface area contributed by atoms with Crippen LogP contribution < -0.4 is 0 Å². The highest BCUT2D eigenvalue weighted by atomic mass is 16.6. The second-order valence-corrected chi connectivity index (χ2v) is 9.93. The van der Waals surface area contributed by atoms with Crippen molar-refractivity contribution in [3.05, 3.63) is 11.6 Å². The Labute approximate surface area is 150 Å². The molecule has 5 rings (SSSR count). The van der Waals surface area contributed by atoms with E-state index in [1.54, 1.807) is 0 Å². The van der Waals surface area contributed by atoms with E-state index >= 15 is 0 Å². The lowest BCUT2D eigenvalue weighted by molar-refractivity contribution is -0.168. The number of hydrogen-bond donors (Lipinski definition) is 0. The molecule has 0 aromatic carbocycles. The summed E-state index contributed by atoms with van der Waals surface area (Å²) in [6.45, 7) is 4.86. The van der Waals surface area contributed by atoms with Crippen molar-refractivity contribution in [2.45, 2.75) is 83.7 Å². The molecule has 1 aliphatic heterocycles. The average Bonchev–Trinajstić information content (AvgIpc) is 3.10. The largest absolute Gasteiger partial charge is 0.458 e. The van der Waals surface area contributed by atoms with E-state index in [4.69, 9.17) is 4.74 Å². The zero-order valence-corrected chi connectivity index (χ0v) is 15.6. The predicted octanol–water partition coefficient (Wildman–Crippen LogP) is 4.59. The van der Waals surface area contributed by atoms with Gasteiger partial charge < -0.3 is 4.74 Å². The van der Waals surface area contributed by atoms with Crippen LogP contribution in [0.3, 0.4) is 0 Å². The van der Waals surface area contributed by atoms with Crippen molar-refractivity contribution in [2.75, 3.05) is 0 Å². The van der Waals surface area contributed by atoms with Crippen LogP contribution in [0.1, 0.15) is 78.1 Å². The lowest BCUT2D eigenvalue weighted by Crippen LogP contribution is -2.54. The van der Waals surface area contributed by atoms with Gasteiger partial charge in [-0.2, -0.15) is 0 Å². The third-order valence-electron chi connectivity index (χ3n) is 9.29. The van der Waals surface area contributed by atoms with E-state index in [0.717, 1.165) is 38.0 Å². The van der Waals surface area contributed by atoms with Crippen LogP contribution in [0.2, 0.25) is 0 Å².